The summed E-state index contributed by atoms with van der Waals surface area (Å²) in [6.07, 6.45) is 2.46. The summed E-state index contributed by atoms with van der Waals surface area (Å²) in [4.78, 5) is 27.9. The molecule has 0 N–H and O–H groups in total. The number of amides is 2. The van der Waals surface area contributed by atoms with Crippen LogP contribution < -0.4 is 4.90 Å². The lowest BCUT2D eigenvalue weighted by atomic mass is 10.1. The van der Waals surface area contributed by atoms with E-state index in [0.717, 1.165) is 18.5 Å². The highest BCUT2D eigenvalue weighted by Gasteiger charge is 2.39. The van der Waals surface area contributed by atoms with E-state index in [2.05, 4.69) is 0 Å². The smallest absolute Gasteiger partial charge is 0.228 e. The van der Waals surface area contributed by atoms with Crippen molar-refractivity contribution in [3.05, 3.63) is 29.3 Å². The molecular formula is C15H17ClN2O2. The Morgan fingerprint density at radius 2 is 2.15 bits per heavy atom. The number of hydrogen-bond donors (Lipinski definition) is 0. The minimum absolute atomic E-state index is 0.00480. The summed E-state index contributed by atoms with van der Waals surface area (Å²) in [6.45, 7) is 0.453. The van der Waals surface area contributed by atoms with Crippen molar-refractivity contribution in [2.45, 2.75) is 25.3 Å². The molecule has 1 aromatic carbocycles. The molecule has 2 fully saturated rings. The van der Waals surface area contributed by atoms with Crippen molar-refractivity contribution in [1.82, 2.24) is 4.90 Å². The molecule has 1 saturated carbocycles. The molecule has 0 unspecified atom stereocenters. The molecule has 3 rings (SSSR count). The van der Waals surface area contributed by atoms with Crippen LogP contribution >= 0.6 is 11.6 Å². The minimum Gasteiger partial charge on any atom is -0.342 e. The highest BCUT2D eigenvalue weighted by molar-refractivity contribution is 6.30. The number of nitrogens with zero attached hydrogens (tertiary/aromatic N) is 2. The maximum Gasteiger partial charge on any atom is 0.228 e. The summed E-state index contributed by atoms with van der Waals surface area (Å²) in [5.41, 5.74) is 0.770. The minimum atomic E-state index is -0.230. The highest BCUT2D eigenvalue weighted by Crippen LogP contribution is 2.31. The molecule has 20 heavy (non-hydrogen) atoms. The van der Waals surface area contributed by atoms with Gasteiger partial charge in [-0.2, -0.15) is 0 Å². The van der Waals surface area contributed by atoms with Gasteiger partial charge in [0, 0.05) is 36.8 Å². The maximum atomic E-state index is 12.3. The number of carbonyl (C=O) groups excluding carboxylic acids is 2. The van der Waals surface area contributed by atoms with E-state index in [0.29, 0.717) is 24.0 Å². The van der Waals surface area contributed by atoms with Crippen LogP contribution in [0.4, 0.5) is 5.69 Å². The average molecular weight is 293 g/mol. The van der Waals surface area contributed by atoms with E-state index in [4.69, 9.17) is 11.6 Å². The van der Waals surface area contributed by atoms with Gasteiger partial charge >= 0.3 is 0 Å². The zero-order valence-electron chi connectivity index (χ0n) is 11.4. The Labute approximate surface area is 123 Å². The van der Waals surface area contributed by atoms with E-state index in [9.17, 15) is 9.59 Å². The zero-order valence-corrected chi connectivity index (χ0v) is 12.1. The number of halogens is 1. The Bertz CT molecular complexity index is 557. The van der Waals surface area contributed by atoms with Crippen LogP contribution in [0.1, 0.15) is 19.3 Å². The second-order valence-corrected chi connectivity index (χ2v) is 6.00. The Balaban J connectivity index is 1.73. The van der Waals surface area contributed by atoms with Gasteiger partial charge in [0.15, 0.2) is 0 Å². The molecule has 1 saturated heterocycles. The van der Waals surface area contributed by atoms with Crippen molar-refractivity contribution < 1.29 is 9.59 Å². The molecule has 0 bridgehead atoms. The van der Waals surface area contributed by atoms with Crippen molar-refractivity contribution in [3.8, 4) is 0 Å². The molecule has 1 aliphatic carbocycles. The fourth-order valence-electron chi connectivity index (χ4n) is 2.70. The van der Waals surface area contributed by atoms with Gasteiger partial charge in [-0.05, 0) is 31.0 Å². The Morgan fingerprint density at radius 1 is 1.40 bits per heavy atom. The topological polar surface area (TPSA) is 40.6 Å². The van der Waals surface area contributed by atoms with Crippen molar-refractivity contribution in [2.75, 3.05) is 18.5 Å². The van der Waals surface area contributed by atoms with Gasteiger partial charge in [-0.3, -0.25) is 9.59 Å². The van der Waals surface area contributed by atoms with Crippen LogP contribution in [-0.4, -0.2) is 36.3 Å². The van der Waals surface area contributed by atoms with Gasteiger partial charge in [-0.25, -0.2) is 0 Å². The van der Waals surface area contributed by atoms with E-state index >= 15 is 0 Å². The van der Waals surface area contributed by atoms with Gasteiger partial charge in [-0.15, -0.1) is 0 Å². The fraction of sp³-hybridized carbons (Fsp3) is 0.467. The highest BCUT2D eigenvalue weighted by atomic mass is 35.5. The molecule has 2 aliphatic rings. The summed E-state index contributed by atoms with van der Waals surface area (Å²) in [7, 11) is 1.84. The second-order valence-electron chi connectivity index (χ2n) is 5.57. The lowest BCUT2D eigenvalue weighted by molar-refractivity contribution is -0.135. The third-order valence-corrected chi connectivity index (χ3v) is 4.27. The van der Waals surface area contributed by atoms with Gasteiger partial charge in [-0.1, -0.05) is 17.7 Å². The second kappa shape index (κ2) is 5.09. The fourth-order valence-corrected chi connectivity index (χ4v) is 2.88. The predicted molar refractivity (Wildman–Crippen MR) is 77.7 cm³/mol. The van der Waals surface area contributed by atoms with Gasteiger partial charge in [0.1, 0.15) is 0 Å². The van der Waals surface area contributed by atoms with Crippen LogP contribution in [0.2, 0.25) is 5.02 Å². The lowest BCUT2D eigenvalue weighted by Gasteiger charge is -2.21. The maximum absolute atomic E-state index is 12.3. The third-order valence-electron chi connectivity index (χ3n) is 4.04. The normalized spacial score (nSPS) is 22.2. The van der Waals surface area contributed by atoms with Gasteiger partial charge < -0.3 is 9.80 Å². The van der Waals surface area contributed by atoms with Crippen LogP contribution in [0.25, 0.3) is 0 Å². The first kappa shape index (κ1) is 13.4. The van der Waals surface area contributed by atoms with Crippen LogP contribution in [0.3, 0.4) is 0 Å². The summed E-state index contributed by atoms with van der Waals surface area (Å²) in [5, 5.41) is 0.597. The molecule has 2 amide bonds. The van der Waals surface area contributed by atoms with Crippen LogP contribution in [0.15, 0.2) is 24.3 Å². The molecule has 106 valence electrons. The molecule has 1 aromatic rings. The lowest BCUT2D eigenvalue weighted by Crippen LogP contribution is -2.36. The molecule has 4 nitrogen and oxygen atoms in total. The molecule has 1 atom stereocenters. The first-order valence-electron chi connectivity index (χ1n) is 6.89. The van der Waals surface area contributed by atoms with Crippen molar-refractivity contribution in [1.29, 1.82) is 0 Å². The van der Waals surface area contributed by atoms with Gasteiger partial charge in [0.25, 0.3) is 0 Å². The van der Waals surface area contributed by atoms with E-state index in [1.807, 2.05) is 19.2 Å². The molecule has 1 aliphatic heterocycles. The van der Waals surface area contributed by atoms with Crippen LogP contribution in [0, 0.1) is 5.92 Å². The average Bonchev–Trinajstić information content (AvgIpc) is 3.20. The molecular weight excluding hydrogens is 276 g/mol. The number of hydrogen-bond acceptors (Lipinski definition) is 2. The first-order chi connectivity index (χ1) is 9.56. The van der Waals surface area contributed by atoms with Crippen LogP contribution in [0.5, 0.6) is 0 Å². The summed E-state index contributed by atoms with van der Waals surface area (Å²) < 4.78 is 0. The molecule has 5 heteroatoms. The number of anilines is 1. The van der Waals surface area contributed by atoms with E-state index in [1.54, 1.807) is 21.9 Å². The monoisotopic (exact) mass is 292 g/mol. The third kappa shape index (κ3) is 2.52. The van der Waals surface area contributed by atoms with E-state index in [1.165, 1.54) is 0 Å². The van der Waals surface area contributed by atoms with Crippen molar-refractivity contribution >= 4 is 29.1 Å². The standard InChI is InChI=1S/C15H17ClN2O2/c1-17(12-5-6-12)15(20)10-7-14(19)18(9-10)13-4-2-3-11(16)8-13/h2-4,8,10,12H,5-7,9H2,1H3/t10-/m1/s1. The van der Waals surface area contributed by atoms with Crippen molar-refractivity contribution in [3.63, 3.8) is 0 Å². The van der Waals surface area contributed by atoms with E-state index in [-0.39, 0.29) is 17.7 Å². The quantitative estimate of drug-likeness (QED) is 0.858. The predicted octanol–water partition coefficient (Wildman–Crippen LogP) is 2.31. The Hall–Kier alpha value is -1.55. The molecule has 0 spiro atoms. The Kier molecular flexibility index (Phi) is 3.42. The van der Waals surface area contributed by atoms with E-state index < -0.39 is 0 Å². The first-order valence-corrected chi connectivity index (χ1v) is 7.26. The molecule has 1 heterocycles. The van der Waals surface area contributed by atoms with Crippen molar-refractivity contribution in [2.24, 2.45) is 5.92 Å². The summed E-state index contributed by atoms with van der Waals surface area (Å²) in [5.74, 6) is -0.146. The summed E-state index contributed by atoms with van der Waals surface area (Å²) in [6, 6.07) is 7.58. The Morgan fingerprint density at radius 3 is 2.80 bits per heavy atom. The number of carbonyl (C=O) groups is 2. The zero-order chi connectivity index (χ0) is 14.3. The molecule has 0 aromatic heterocycles. The molecule has 0 radical (unpaired) electrons. The summed E-state index contributed by atoms with van der Waals surface area (Å²) >= 11 is 5.96. The van der Waals surface area contributed by atoms with Crippen LogP contribution in [-0.2, 0) is 9.59 Å². The number of rotatable bonds is 3. The van der Waals surface area contributed by atoms with Gasteiger partial charge in [0.05, 0.1) is 5.92 Å². The number of benzene rings is 1. The largest absolute Gasteiger partial charge is 0.342 e. The van der Waals surface area contributed by atoms with Gasteiger partial charge in [0.2, 0.25) is 11.8 Å². The SMILES string of the molecule is CN(C(=O)[C@@H]1CC(=O)N(c2cccc(Cl)c2)C1)C1CC1.